The van der Waals surface area contributed by atoms with Gasteiger partial charge >= 0.3 is 0 Å². The van der Waals surface area contributed by atoms with Gasteiger partial charge in [0.05, 0.1) is 0 Å². The summed E-state index contributed by atoms with van der Waals surface area (Å²) in [7, 11) is 0. The van der Waals surface area contributed by atoms with Crippen molar-refractivity contribution < 1.29 is 9.13 Å². The summed E-state index contributed by atoms with van der Waals surface area (Å²) in [4.78, 5) is 8.98. The van der Waals surface area contributed by atoms with E-state index in [0.29, 0.717) is 16.6 Å². The molecule has 2 heterocycles. The van der Waals surface area contributed by atoms with Crippen molar-refractivity contribution in [2.45, 2.75) is 6.61 Å². The number of thiazole rings is 1. The summed E-state index contributed by atoms with van der Waals surface area (Å²) in [5, 5.41) is 3.41. The molecule has 4 nitrogen and oxygen atoms in total. The second-order valence-electron chi connectivity index (χ2n) is 5.47. The van der Waals surface area contributed by atoms with Gasteiger partial charge in [-0.1, -0.05) is 11.6 Å². The summed E-state index contributed by atoms with van der Waals surface area (Å²) in [6, 6.07) is 13.4. The van der Waals surface area contributed by atoms with E-state index in [9.17, 15) is 4.39 Å². The van der Waals surface area contributed by atoms with E-state index in [1.807, 2.05) is 40.4 Å². The fraction of sp³-hybridized carbons (Fsp3) is 0.0526. The normalized spacial score (nSPS) is 10.8. The number of rotatable bonds is 5. The molecule has 4 rings (SSSR count). The maximum atomic E-state index is 13.0. The van der Waals surface area contributed by atoms with E-state index in [4.69, 9.17) is 16.3 Å². The topological polar surface area (TPSA) is 39.9 Å². The van der Waals surface area contributed by atoms with Gasteiger partial charge in [-0.25, -0.2) is 14.4 Å². The molecule has 0 amide bonds. The maximum Gasteiger partial charge on any atom is 0.152 e. The first-order valence-electron chi connectivity index (χ1n) is 7.81. The SMILES string of the molecule is Fc1ccc(OCc2nc(-c3nccs3)cn2-c2ccc(Cl)cc2)cc1. The Bertz CT molecular complexity index is 998. The molecule has 0 saturated heterocycles. The van der Waals surface area contributed by atoms with Crippen molar-refractivity contribution in [3.05, 3.63) is 83.0 Å². The van der Waals surface area contributed by atoms with E-state index >= 15 is 0 Å². The lowest BCUT2D eigenvalue weighted by Crippen LogP contribution is -2.05. The molecule has 0 unspecified atom stereocenters. The lowest BCUT2D eigenvalue weighted by Gasteiger charge is -2.09. The highest BCUT2D eigenvalue weighted by Gasteiger charge is 2.13. The van der Waals surface area contributed by atoms with Crippen molar-refractivity contribution in [2.24, 2.45) is 0 Å². The zero-order valence-electron chi connectivity index (χ0n) is 13.5. The Morgan fingerprint density at radius 1 is 1.08 bits per heavy atom. The highest BCUT2D eigenvalue weighted by atomic mass is 35.5. The molecule has 0 radical (unpaired) electrons. The molecule has 0 aliphatic rings. The Kier molecular flexibility index (Phi) is 4.69. The summed E-state index contributed by atoms with van der Waals surface area (Å²) >= 11 is 7.51. The second-order valence-corrected chi connectivity index (χ2v) is 6.80. The number of ether oxygens (including phenoxy) is 1. The Morgan fingerprint density at radius 3 is 2.54 bits per heavy atom. The molecule has 0 bridgehead atoms. The molecule has 0 aliphatic carbocycles. The number of hydrogen-bond acceptors (Lipinski definition) is 4. The average molecular weight is 386 g/mol. The number of imidazole rings is 1. The van der Waals surface area contributed by atoms with Crippen LogP contribution in [-0.4, -0.2) is 14.5 Å². The average Bonchev–Trinajstić information content (AvgIpc) is 3.32. The van der Waals surface area contributed by atoms with Gasteiger partial charge in [-0.3, -0.25) is 0 Å². The van der Waals surface area contributed by atoms with Gasteiger partial charge in [0.25, 0.3) is 0 Å². The van der Waals surface area contributed by atoms with E-state index in [-0.39, 0.29) is 12.4 Å². The molecule has 0 atom stereocenters. The predicted octanol–water partition coefficient (Wildman–Crippen LogP) is 5.37. The highest BCUT2D eigenvalue weighted by molar-refractivity contribution is 7.13. The maximum absolute atomic E-state index is 13.0. The summed E-state index contributed by atoms with van der Waals surface area (Å²) in [5.74, 6) is 0.987. The van der Waals surface area contributed by atoms with Crippen LogP contribution in [0.25, 0.3) is 16.4 Å². The molecule has 2 aromatic carbocycles. The third kappa shape index (κ3) is 3.61. The van der Waals surface area contributed by atoms with Crippen LogP contribution in [0.5, 0.6) is 5.75 Å². The van der Waals surface area contributed by atoms with Crippen molar-refractivity contribution in [3.8, 4) is 22.1 Å². The largest absolute Gasteiger partial charge is 0.486 e. The lowest BCUT2D eigenvalue weighted by atomic mass is 10.3. The second kappa shape index (κ2) is 7.27. The zero-order chi connectivity index (χ0) is 17.9. The monoisotopic (exact) mass is 385 g/mol. The van der Waals surface area contributed by atoms with Gasteiger partial charge < -0.3 is 9.30 Å². The third-order valence-electron chi connectivity index (χ3n) is 3.72. The Labute approximate surface area is 158 Å². The van der Waals surface area contributed by atoms with Crippen LogP contribution in [0.3, 0.4) is 0 Å². The van der Waals surface area contributed by atoms with Crippen LogP contribution >= 0.6 is 22.9 Å². The Hall–Kier alpha value is -2.70. The number of halogens is 2. The van der Waals surface area contributed by atoms with Crippen LogP contribution in [0.15, 0.2) is 66.3 Å². The van der Waals surface area contributed by atoms with Crippen molar-refractivity contribution in [1.82, 2.24) is 14.5 Å². The fourth-order valence-corrected chi connectivity index (χ4v) is 3.19. The Morgan fingerprint density at radius 2 is 1.85 bits per heavy atom. The minimum atomic E-state index is -0.300. The third-order valence-corrected chi connectivity index (χ3v) is 4.76. The number of benzene rings is 2. The minimum absolute atomic E-state index is 0.236. The van der Waals surface area contributed by atoms with Crippen molar-refractivity contribution >= 4 is 22.9 Å². The lowest BCUT2D eigenvalue weighted by molar-refractivity contribution is 0.293. The molecule has 0 fully saturated rings. The highest BCUT2D eigenvalue weighted by Crippen LogP contribution is 2.25. The number of aromatic nitrogens is 3. The van der Waals surface area contributed by atoms with Gasteiger partial charge in [0, 0.05) is 28.5 Å². The first-order valence-corrected chi connectivity index (χ1v) is 9.07. The Balaban J connectivity index is 1.66. The van der Waals surface area contributed by atoms with Crippen LogP contribution in [0.1, 0.15) is 5.82 Å². The van der Waals surface area contributed by atoms with E-state index in [1.165, 1.54) is 23.5 Å². The van der Waals surface area contributed by atoms with Gasteiger partial charge in [0.15, 0.2) is 5.82 Å². The van der Waals surface area contributed by atoms with E-state index in [0.717, 1.165) is 16.4 Å². The molecule has 4 aromatic rings. The van der Waals surface area contributed by atoms with Crippen molar-refractivity contribution in [1.29, 1.82) is 0 Å². The molecular formula is C19H13ClFN3OS. The molecule has 26 heavy (non-hydrogen) atoms. The van der Waals surface area contributed by atoms with Gasteiger partial charge in [0.2, 0.25) is 0 Å². The molecule has 130 valence electrons. The van der Waals surface area contributed by atoms with Crippen LogP contribution in [0.2, 0.25) is 5.02 Å². The summed E-state index contributed by atoms with van der Waals surface area (Å²) in [6.45, 7) is 0.236. The number of nitrogens with zero attached hydrogens (tertiary/aromatic N) is 3. The van der Waals surface area contributed by atoms with Gasteiger partial charge in [0.1, 0.15) is 28.9 Å². The molecule has 2 aromatic heterocycles. The summed E-state index contributed by atoms with van der Waals surface area (Å²) in [6.07, 6.45) is 3.67. The van der Waals surface area contributed by atoms with Gasteiger partial charge in [-0.15, -0.1) is 11.3 Å². The van der Waals surface area contributed by atoms with Crippen LogP contribution in [0.4, 0.5) is 4.39 Å². The van der Waals surface area contributed by atoms with E-state index in [2.05, 4.69) is 9.97 Å². The minimum Gasteiger partial charge on any atom is -0.486 e. The molecule has 0 N–H and O–H groups in total. The zero-order valence-corrected chi connectivity index (χ0v) is 15.0. The van der Waals surface area contributed by atoms with Gasteiger partial charge in [-0.05, 0) is 48.5 Å². The van der Waals surface area contributed by atoms with Crippen LogP contribution in [-0.2, 0) is 6.61 Å². The van der Waals surface area contributed by atoms with Crippen LogP contribution < -0.4 is 4.74 Å². The quantitative estimate of drug-likeness (QED) is 0.464. The van der Waals surface area contributed by atoms with Crippen molar-refractivity contribution in [2.75, 3.05) is 0 Å². The predicted molar refractivity (Wildman–Crippen MR) is 100 cm³/mol. The fourth-order valence-electron chi connectivity index (χ4n) is 2.48. The van der Waals surface area contributed by atoms with Crippen LogP contribution in [0, 0.1) is 5.82 Å². The molecule has 0 spiro atoms. The first-order chi connectivity index (χ1) is 12.7. The van der Waals surface area contributed by atoms with Crippen molar-refractivity contribution in [3.63, 3.8) is 0 Å². The number of hydrogen-bond donors (Lipinski definition) is 0. The molecule has 7 heteroatoms. The molecule has 0 saturated carbocycles. The van der Waals surface area contributed by atoms with E-state index < -0.39 is 0 Å². The first kappa shape index (κ1) is 16.8. The molecular weight excluding hydrogens is 373 g/mol. The van der Waals surface area contributed by atoms with E-state index in [1.54, 1.807) is 18.3 Å². The smallest absolute Gasteiger partial charge is 0.152 e. The standard InChI is InChI=1S/C19H13ClFN3OS/c20-13-1-5-15(6-2-13)24-11-17(19-22-9-10-26-19)23-18(24)12-25-16-7-3-14(21)4-8-16/h1-11H,12H2. The summed E-state index contributed by atoms with van der Waals surface area (Å²) < 4.78 is 20.8. The summed E-state index contributed by atoms with van der Waals surface area (Å²) in [5.41, 5.74) is 1.69. The molecule has 0 aliphatic heterocycles. The van der Waals surface area contributed by atoms with Gasteiger partial charge in [-0.2, -0.15) is 0 Å².